The molecular formula is C11H12N4O3. The Morgan fingerprint density at radius 2 is 2.06 bits per heavy atom. The molecule has 0 spiro atoms. The number of ether oxygens (including phenoxy) is 2. The first-order valence-corrected chi connectivity index (χ1v) is 5.10. The van der Waals surface area contributed by atoms with Crippen molar-refractivity contribution in [2.24, 2.45) is 5.73 Å². The monoisotopic (exact) mass is 248 g/mol. The van der Waals surface area contributed by atoms with Gasteiger partial charge in [0.25, 0.3) is 5.91 Å². The summed E-state index contributed by atoms with van der Waals surface area (Å²) in [7, 11) is 3.07. The Kier molecular flexibility index (Phi) is 3.13. The number of hydrogen-bond donors (Lipinski definition) is 2. The predicted octanol–water partition coefficient (Wildman–Crippen LogP) is 0.588. The highest BCUT2D eigenvalue weighted by molar-refractivity contribution is 5.97. The summed E-state index contributed by atoms with van der Waals surface area (Å²) in [5.74, 6) is 0.502. The SMILES string of the molecule is COc1ccc(-c2n[nH]nc2C(N)=O)c(OC)c1. The number of rotatable bonds is 4. The van der Waals surface area contributed by atoms with Gasteiger partial charge in [0.15, 0.2) is 5.69 Å². The number of aromatic nitrogens is 3. The van der Waals surface area contributed by atoms with E-state index in [0.717, 1.165) is 0 Å². The van der Waals surface area contributed by atoms with Crippen molar-refractivity contribution in [2.75, 3.05) is 14.2 Å². The van der Waals surface area contributed by atoms with Crippen LogP contribution in [0.25, 0.3) is 11.3 Å². The number of nitrogens with two attached hydrogens (primary N) is 1. The van der Waals surface area contributed by atoms with Gasteiger partial charge < -0.3 is 15.2 Å². The third kappa shape index (κ3) is 1.97. The maximum atomic E-state index is 11.2. The lowest BCUT2D eigenvalue weighted by molar-refractivity contribution is 0.0996. The summed E-state index contributed by atoms with van der Waals surface area (Å²) in [6, 6.07) is 5.15. The molecule has 2 rings (SSSR count). The summed E-state index contributed by atoms with van der Waals surface area (Å²) < 4.78 is 10.3. The third-order valence-electron chi connectivity index (χ3n) is 2.45. The van der Waals surface area contributed by atoms with Crippen LogP contribution in [0.3, 0.4) is 0 Å². The Morgan fingerprint density at radius 3 is 2.67 bits per heavy atom. The lowest BCUT2D eigenvalue weighted by atomic mass is 10.1. The van der Waals surface area contributed by atoms with Crippen molar-refractivity contribution in [3.8, 4) is 22.8 Å². The van der Waals surface area contributed by atoms with Gasteiger partial charge in [0, 0.05) is 11.6 Å². The average Bonchev–Trinajstić information content (AvgIpc) is 2.87. The molecule has 0 saturated carbocycles. The van der Waals surface area contributed by atoms with Gasteiger partial charge in [-0.05, 0) is 12.1 Å². The van der Waals surface area contributed by atoms with E-state index in [0.29, 0.717) is 22.8 Å². The number of aromatic amines is 1. The fourth-order valence-electron chi connectivity index (χ4n) is 1.58. The molecule has 3 N–H and O–H groups in total. The smallest absolute Gasteiger partial charge is 0.271 e. The van der Waals surface area contributed by atoms with Crippen LogP contribution in [0.15, 0.2) is 18.2 Å². The largest absolute Gasteiger partial charge is 0.497 e. The Balaban J connectivity index is 2.56. The van der Waals surface area contributed by atoms with Gasteiger partial charge in [-0.15, -0.1) is 0 Å². The number of benzene rings is 1. The van der Waals surface area contributed by atoms with Gasteiger partial charge in [0.05, 0.1) is 14.2 Å². The molecule has 0 fully saturated rings. The van der Waals surface area contributed by atoms with Crippen LogP contribution in [0.2, 0.25) is 0 Å². The fraction of sp³-hybridized carbons (Fsp3) is 0.182. The van der Waals surface area contributed by atoms with Gasteiger partial charge in [0.1, 0.15) is 17.2 Å². The summed E-state index contributed by atoms with van der Waals surface area (Å²) in [5.41, 5.74) is 6.25. The Labute approximate surface area is 103 Å². The number of primary amides is 1. The second-order valence-electron chi connectivity index (χ2n) is 3.45. The van der Waals surface area contributed by atoms with Gasteiger partial charge in [-0.3, -0.25) is 4.79 Å². The average molecular weight is 248 g/mol. The highest BCUT2D eigenvalue weighted by Gasteiger charge is 2.18. The molecule has 0 bridgehead atoms. The summed E-state index contributed by atoms with van der Waals surface area (Å²) in [5, 5.41) is 10.00. The van der Waals surface area contributed by atoms with Crippen LogP contribution in [0.5, 0.6) is 11.5 Å². The molecule has 1 aromatic heterocycles. The molecule has 94 valence electrons. The molecule has 0 saturated heterocycles. The highest BCUT2D eigenvalue weighted by Crippen LogP contribution is 2.33. The van der Waals surface area contributed by atoms with Crippen molar-refractivity contribution >= 4 is 5.91 Å². The first kappa shape index (κ1) is 11.9. The van der Waals surface area contributed by atoms with Crippen LogP contribution in [-0.4, -0.2) is 35.5 Å². The minimum Gasteiger partial charge on any atom is -0.497 e. The van der Waals surface area contributed by atoms with Crippen molar-refractivity contribution in [1.29, 1.82) is 0 Å². The second-order valence-corrected chi connectivity index (χ2v) is 3.45. The molecule has 0 aliphatic rings. The molecule has 1 heterocycles. The third-order valence-corrected chi connectivity index (χ3v) is 2.45. The van der Waals surface area contributed by atoms with Crippen LogP contribution in [0.1, 0.15) is 10.5 Å². The van der Waals surface area contributed by atoms with Crippen molar-refractivity contribution in [3.05, 3.63) is 23.9 Å². The molecule has 7 nitrogen and oxygen atoms in total. The van der Waals surface area contributed by atoms with E-state index in [1.54, 1.807) is 25.3 Å². The zero-order valence-corrected chi connectivity index (χ0v) is 9.93. The van der Waals surface area contributed by atoms with E-state index in [4.69, 9.17) is 15.2 Å². The Bertz CT molecular complexity index is 579. The standard InChI is InChI=1S/C11H12N4O3/c1-17-6-3-4-7(8(5-6)18-2)9-10(11(12)16)14-15-13-9/h3-5H,1-2H3,(H2,12,16)(H,13,14,15). The molecule has 1 amide bonds. The maximum Gasteiger partial charge on any atom is 0.271 e. The maximum absolute atomic E-state index is 11.2. The number of nitrogens with zero attached hydrogens (tertiary/aromatic N) is 2. The van der Waals surface area contributed by atoms with E-state index >= 15 is 0 Å². The number of carbonyl (C=O) groups is 1. The molecular weight excluding hydrogens is 236 g/mol. The zero-order valence-electron chi connectivity index (χ0n) is 9.93. The van der Waals surface area contributed by atoms with Gasteiger partial charge in [-0.25, -0.2) is 0 Å². The van der Waals surface area contributed by atoms with E-state index in [1.165, 1.54) is 7.11 Å². The number of hydrogen-bond acceptors (Lipinski definition) is 5. The minimum atomic E-state index is -0.656. The Morgan fingerprint density at radius 1 is 1.28 bits per heavy atom. The Hall–Kier alpha value is -2.57. The summed E-state index contributed by atoms with van der Waals surface area (Å²) >= 11 is 0. The van der Waals surface area contributed by atoms with E-state index in [9.17, 15) is 4.79 Å². The first-order valence-electron chi connectivity index (χ1n) is 5.10. The molecule has 7 heteroatoms. The van der Waals surface area contributed by atoms with Crippen LogP contribution < -0.4 is 15.2 Å². The van der Waals surface area contributed by atoms with E-state index in [-0.39, 0.29) is 5.69 Å². The highest BCUT2D eigenvalue weighted by atomic mass is 16.5. The van der Waals surface area contributed by atoms with E-state index < -0.39 is 5.91 Å². The van der Waals surface area contributed by atoms with Crippen LogP contribution in [0, 0.1) is 0 Å². The number of nitrogens with one attached hydrogen (secondary N) is 1. The second kappa shape index (κ2) is 4.74. The van der Waals surface area contributed by atoms with Crippen molar-refractivity contribution in [1.82, 2.24) is 15.4 Å². The van der Waals surface area contributed by atoms with E-state index in [2.05, 4.69) is 15.4 Å². The lowest BCUT2D eigenvalue weighted by Gasteiger charge is -2.08. The summed E-state index contributed by atoms with van der Waals surface area (Å²) in [6.07, 6.45) is 0. The normalized spacial score (nSPS) is 10.1. The van der Waals surface area contributed by atoms with Crippen molar-refractivity contribution in [3.63, 3.8) is 0 Å². The van der Waals surface area contributed by atoms with Crippen LogP contribution in [0.4, 0.5) is 0 Å². The van der Waals surface area contributed by atoms with Gasteiger partial charge in [-0.1, -0.05) is 0 Å². The molecule has 1 aromatic carbocycles. The number of amides is 1. The predicted molar refractivity (Wildman–Crippen MR) is 63.4 cm³/mol. The molecule has 18 heavy (non-hydrogen) atoms. The summed E-state index contributed by atoms with van der Waals surface area (Å²) in [6.45, 7) is 0. The molecule has 0 radical (unpaired) electrons. The topological polar surface area (TPSA) is 103 Å². The number of carbonyl (C=O) groups excluding carboxylic acids is 1. The van der Waals surface area contributed by atoms with Crippen molar-refractivity contribution in [2.45, 2.75) is 0 Å². The molecule has 0 aliphatic carbocycles. The van der Waals surface area contributed by atoms with Crippen LogP contribution >= 0.6 is 0 Å². The van der Waals surface area contributed by atoms with Crippen LogP contribution in [-0.2, 0) is 0 Å². The minimum absolute atomic E-state index is 0.0680. The van der Waals surface area contributed by atoms with Gasteiger partial charge >= 0.3 is 0 Å². The zero-order chi connectivity index (χ0) is 13.1. The molecule has 0 aliphatic heterocycles. The van der Waals surface area contributed by atoms with E-state index in [1.807, 2.05) is 0 Å². The summed E-state index contributed by atoms with van der Waals surface area (Å²) in [4.78, 5) is 11.2. The quantitative estimate of drug-likeness (QED) is 0.824. The fourth-order valence-corrected chi connectivity index (χ4v) is 1.58. The van der Waals surface area contributed by atoms with Gasteiger partial charge in [-0.2, -0.15) is 15.4 Å². The molecule has 2 aromatic rings. The first-order chi connectivity index (χ1) is 8.67. The molecule has 0 atom stereocenters. The number of methoxy groups -OCH3 is 2. The van der Waals surface area contributed by atoms with Gasteiger partial charge in [0.2, 0.25) is 0 Å². The van der Waals surface area contributed by atoms with Crippen molar-refractivity contribution < 1.29 is 14.3 Å². The lowest BCUT2D eigenvalue weighted by Crippen LogP contribution is -2.12. The number of H-pyrrole nitrogens is 1. The molecule has 0 unspecified atom stereocenters.